The van der Waals surface area contributed by atoms with Gasteiger partial charge in [-0.25, -0.2) is 15.0 Å². The molecule has 4 heterocycles. The Labute approximate surface area is 242 Å². The Morgan fingerprint density at radius 2 is 1.85 bits per heavy atom. The molecule has 3 aromatic rings. The lowest BCUT2D eigenvalue weighted by Crippen LogP contribution is -2.45. The van der Waals surface area contributed by atoms with Crippen molar-refractivity contribution < 1.29 is 19.0 Å². The predicted molar refractivity (Wildman–Crippen MR) is 156 cm³/mol. The molecule has 13 heteroatoms. The second-order valence-corrected chi connectivity index (χ2v) is 10.5. The topological polar surface area (TPSA) is 123 Å². The molecule has 1 amide bonds. The van der Waals surface area contributed by atoms with E-state index in [2.05, 4.69) is 39.5 Å². The monoisotopic (exact) mass is 587 g/mol. The maximum absolute atomic E-state index is 11.9. The molecule has 5 rings (SSSR count). The molecule has 3 N–H and O–H groups in total. The molecule has 11 nitrogen and oxygen atoms in total. The minimum atomic E-state index is -0.266. The van der Waals surface area contributed by atoms with Gasteiger partial charge in [0.25, 0.3) is 0 Å². The van der Waals surface area contributed by atoms with Crippen LogP contribution < -0.4 is 25.4 Å². The number of anilines is 2. The number of nitrogens with one attached hydrogen (secondary N) is 3. The fourth-order valence-corrected chi connectivity index (χ4v) is 5.63. The molecule has 2 saturated heterocycles. The van der Waals surface area contributed by atoms with Crippen LogP contribution in [0.3, 0.4) is 0 Å². The van der Waals surface area contributed by atoms with Crippen LogP contribution in [0.25, 0.3) is 22.2 Å². The third kappa shape index (κ3) is 5.73. The van der Waals surface area contributed by atoms with E-state index in [-0.39, 0.29) is 24.0 Å². The van der Waals surface area contributed by atoms with Crippen molar-refractivity contribution in [3.63, 3.8) is 0 Å². The van der Waals surface area contributed by atoms with E-state index < -0.39 is 0 Å². The first-order valence-corrected chi connectivity index (χ1v) is 13.6. The highest BCUT2D eigenvalue weighted by molar-refractivity contribution is 6.41. The maximum atomic E-state index is 11.9. The zero-order chi connectivity index (χ0) is 28.4. The molecule has 2 aliphatic rings. The van der Waals surface area contributed by atoms with Crippen molar-refractivity contribution in [2.24, 2.45) is 0 Å². The van der Waals surface area contributed by atoms with E-state index in [1.54, 1.807) is 12.3 Å². The number of methoxy groups -OCH3 is 2. The summed E-state index contributed by atoms with van der Waals surface area (Å²) in [6.07, 6.45) is 3.91. The van der Waals surface area contributed by atoms with E-state index in [1.807, 2.05) is 6.07 Å². The van der Waals surface area contributed by atoms with Gasteiger partial charge < -0.3 is 35.1 Å². The van der Waals surface area contributed by atoms with Crippen molar-refractivity contribution in [1.82, 2.24) is 25.2 Å². The summed E-state index contributed by atoms with van der Waals surface area (Å²) in [6.45, 7) is 6.13. The standard InChI is InChI=1S/C27H31Cl2N7O4/c1-5-21(37)32-17-12-40-13-18(17)34-27-30-10-14-8-16(22-23(28)19(38-3)9-20(39-4)24(22)29)33-26(25(14)35-27)31-15-6-7-36(2)11-15/h5,8-10,15,17-18H,1,6-7,11-13H2,2-4H3,(H,31,33)(H,32,37)(H,30,34,35)/t15?,17-,18+/m0/s1. The highest BCUT2D eigenvalue weighted by Crippen LogP contribution is 2.46. The molecule has 2 aromatic heterocycles. The number of carbonyl (C=O) groups is 1. The SMILES string of the molecule is C=CC(=O)N[C@H]1COC[C@H]1Nc1ncc2cc(-c3c(Cl)c(OC)cc(OC)c3Cl)nc(NC3CCN(C)C3)c2n1. The van der Waals surface area contributed by atoms with E-state index in [1.165, 1.54) is 20.3 Å². The van der Waals surface area contributed by atoms with Gasteiger partial charge >= 0.3 is 0 Å². The lowest BCUT2D eigenvalue weighted by atomic mass is 10.1. The molecular formula is C27H31Cl2N7O4. The Balaban J connectivity index is 1.56. The van der Waals surface area contributed by atoms with Crippen LogP contribution in [0.4, 0.5) is 11.8 Å². The number of pyridine rings is 1. The summed E-state index contributed by atoms with van der Waals surface area (Å²) in [7, 11) is 5.14. The van der Waals surface area contributed by atoms with Crippen molar-refractivity contribution in [2.45, 2.75) is 24.5 Å². The molecule has 2 fully saturated rings. The number of aromatic nitrogens is 3. The maximum Gasteiger partial charge on any atom is 0.243 e. The number of likely N-dealkylation sites (tertiary alicyclic amines) is 1. The van der Waals surface area contributed by atoms with Crippen LogP contribution in [0.2, 0.25) is 10.0 Å². The van der Waals surface area contributed by atoms with Crippen LogP contribution in [-0.2, 0) is 9.53 Å². The van der Waals surface area contributed by atoms with Crippen molar-refractivity contribution >= 4 is 51.8 Å². The number of fused-ring (bicyclic) bond motifs is 1. The highest BCUT2D eigenvalue weighted by Gasteiger charge is 2.30. The number of amides is 1. The van der Waals surface area contributed by atoms with Gasteiger partial charge in [0, 0.05) is 35.8 Å². The molecule has 3 atom stereocenters. The third-order valence-electron chi connectivity index (χ3n) is 7.04. The quantitative estimate of drug-likeness (QED) is 0.320. The molecule has 0 spiro atoms. The smallest absolute Gasteiger partial charge is 0.243 e. The summed E-state index contributed by atoms with van der Waals surface area (Å²) in [6, 6.07) is 3.19. The summed E-state index contributed by atoms with van der Waals surface area (Å²) in [4.78, 5) is 28.4. The fraction of sp³-hybridized carbons (Fsp3) is 0.407. The second-order valence-electron chi connectivity index (χ2n) is 9.77. The second kappa shape index (κ2) is 12.0. The normalized spacial score (nSPS) is 20.9. The molecule has 40 heavy (non-hydrogen) atoms. The Morgan fingerprint density at radius 1 is 1.12 bits per heavy atom. The predicted octanol–water partition coefficient (Wildman–Crippen LogP) is 3.61. The molecule has 1 aromatic carbocycles. The third-order valence-corrected chi connectivity index (χ3v) is 7.79. The largest absolute Gasteiger partial charge is 0.495 e. The van der Waals surface area contributed by atoms with E-state index >= 15 is 0 Å². The van der Waals surface area contributed by atoms with Crippen molar-refractivity contribution in [3.05, 3.63) is 41.0 Å². The summed E-state index contributed by atoms with van der Waals surface area (Å²) >= 11 is 13.5. The number of ether oxygens (including phenoxy) is 3. The number of halogens is 2. The Bertz CT molecular complexity index is 1410. The van der Waals surface area contributed by atoms with Gasteiger partial charge in [-0.05, 0) is 32.2 Å². The van der Waals surface area contributed by atoms with E-state index in [0.29, 0.717) is 63.3 Å². The number of nitrogens with zero attached hydrogens (tertiary/aromatic N) is 4. The van der Waals surface area contributed by atoms with Crippen LogP contribution in [0.15, 0.2) is 31.0 Å². The molecule has 0 bridgehead atoms. The van der Waals surface area contributed by atoms with E-state index in [0.717, 1.165) is 24.9 Å². The van der Waals surface area contributed by atoms with Crippen LogP contribution in [0.1, 0.15) is 6.42 Å². The highest BCUT2D eigenvalue weighted by atomic mass is 35.5. The Kier molecular flexibility index (Phi) is 8.46. The average molecular weight is 588 g/mol. The van der Waals surface area contributed by atoms with E-state index in [4.69, 9.17) is 47.4 Å². The molecular weight excluding hydrogens is 557 g/mol. The first-order valence-electron chi connectivity index (χ1n) is 12.8. The molecule has 0 saturated carbocycles. The van der Waals surface area contributed by atoms with Crippen LogP contribution in [0, 0.1) is 0 Å². The molecule has 1 unspecified atom stereocenters. The van der Waals surface area contributed by atoms with Gasteiger partial charge in [-0.2, -0.15) is 0 Å². The fourth-order valence-electron chi connectivity index (χ4n) is 4.94. The first-order chi connectivity index (χ1) is 19.3. The molecule has 2 aliphatic heterocycles. The van der Waals surface area contributed by atoms with Gasteiger partial charge in [-0.1, -0.05) is 29.8 Å². The lowest BCUT2D eigenvalue weighted by molar-refractivity contribution is -0.117. The summed E-state index contributed by atoms with van der Waals surface area (Å²) < 4.78 is 16.5. The van der Waals surface area contributed by atoms with Gasteiger partial charge in [0.1, 0.15) is 17.0 Å². The van der Waals surface area contributed by atoms with Crippen LogP contribution >= 0.6 is 23.2 Å². The number of carbonyl (C=O) groups excluding carboxylic acids is 1. The van der Waals surface area contributed by atoms with E-state index in [9.17, 15) is 4.79 Å². The summed E-state index contributed by atoms with van der Waals surface area (Å²) in [5.41, 5.74) is 1.64. The molecule has 0 aliphatic carbocycles. The average Bonchev–Trinajstić information content (AvgIpc) is 3.56. The lowest BCUT2D eigenvalue weighted by Gasteiger charge is -2.21. The minimum absolute atomic E-state index is 0.176. The van der Waals surface area contributed by atoms with Gasteiger partial charge in [0.05, 0.1) is 55.3 Å². The van der Waals surface area contributed by atoms with Gasteiger partial charge in [0.15, 0.2) is 5.82 Å². The van der Waals surface area contributed by atoms with Crippen molar-refractivity contribution in [3.8, 4) is 22.8 Å². The zero-order valence-electron chi connectivity index (χ0n) is 22.5. The number of hydrogen-bond donors (Lipinski definition) is 3. The van der Waals surface area contributed by atoms with Crippen molar-refractivity contribution in [1.29, 1.82) is 0 Å². The first kappa shape index (κ1) is 28.2. The zero-order valence-corrected chi connectivity index (χ0v) is 24.0. The number of rotatable bonds is 9. The number of benzene rings is 1. The van der Waals surface area contributed by atoms with Crippen molar-refractivity contribution in [2.75, 3.05) is 58.2 Å². The van der Waals surface area contributed by atoms with Crippen LogP contribution in [0.5, 0.6) is 11.5 Å². The van der Waals surface area contributed by atoms with Gasteiger partial charge in [-0.3, -0.25) is 4.79 Å². The minimum Gasteiger partial charge on any atom is -0.495 e. The Morgan fingerprint density at radius 3 is 2.50 bits per heavy atom. The summed E-state index contributed by atoms with van der Waals surface area (Å²) in [5, 5.41) is 11.1. The number of likely N-dealkylation sites (N-methyl/N-ethyl adjacent to an activating group) is 1. The van der Waals surface area contributed by atoms with Gasteiger partial charge in [-0.15, -0.1) is 0 Å². The number of hydrogen-bond acceptors (Lipinski definition) is 10. The van der Waals surface area contributed by atoms with Crippen LogP contribution in [-0.4, -0.2) is 91.5 Å². The molecule has 212 valence electrons. The Hall–Kier alpha value is -3.38. The molecule has 0 radical (unpaired) electrons. The summed E-state index contributed by atoms with van der Waals surface area (Å²) in [5.74, 6) is 1.53. The van der Waals surface area contributed by atoms with Gasteiger partial charge in [0.2, 0.25) is 11.9 Å².